The Morgan fingerprint density at radius 1 is 1.32 bits per heavy atom. The lowest BCUT2D eigenvalue weighted by Gasteiger charge is -2.25. The molecule has 19 heavy (non-hydrogen) atoms. The van der Waals surface area contributed by atoms with Crippen LogP contribution in [0.25, 0.3) is 11.0 Å². The fraction of sp³-hybridized carbons (Fsp3) is 0.583. The molecule has 0 unspecified atom stereocenters. The maximum atomic E-state index is 5.35. The minimum Gasteiger partial charge on any atom is -0.379 e. The van der Waals surface area contributed by atoms with E-state index in [2.05, 4.69) is 25.3 Å². The first-order valence-corrected chi connectivity index (χ1v) is 6.44. The monoisotopic (exact) mass is 262 g/mol. The molecule has 1 N–H and O–H groups in total. The highest BCUT2D eigenvalue weighted by molar-refractivity contribution is 5.86. The van der Waals surface area contributed by atoms with Crippen LogP contribution in [-0.2, 0) is 18.3 Å². The summed E-state index contributed by atoms with van der Waals surface area (Å²) in [6.07, 6.45) is 1.79. The zero-order valence-electron chi connectivity index (χ0n) is 11.3. The molecule has 0 amide bonds. The summed E-state index contributed by atoms with van der Waals surface area (Å²) in [5.74, 6) is 1.66. The van der Waals surface area contributed by atoms with Crippen molar-refractivity contribution in [2.45, 2.75) is 6.54 Å². The molecular weight excluding hydrogens is 244 g/mol. The summed E-state index contributed by atoms with van der Waals surface area (Å²) in [7, 11) is 3.76. The van der Waals surface area contributed by atoms with Crippen LogP contribution in [0.4, 0.5) is 5.82 Å². The molecule has 1 saturated heterocycles. The molecule has 0 atom stereocenters. The molecule has 0 bridgehead atoms. The third kappa shape index (κ3) is 2.39. The molecule has 102 valence electrons. The maximum Gasteiger partial charge on any atom is 0.163 e. The van der Waals surface area contributed by atoms with Crippen molar-refractivity contribution in [1.29, 1.82) is 0 Å². The highest BCUT2D eigenvalue weighted by Gasteiger charge is 2.15. The summed E-state index contributed by atoms with van der Waals surface area (Å²) in [6.45, 7) is 4.18. The zero-order valence-corrected chi connectivity index (χ0v) is 11.3. The molecule has 3 rings (SSSR count). The van der Waals surface area contributed by atoms with E-state index in [1.54, 1.807) is 10.9 Å². The van der Waals surface area contributed by atoms with Crippen molar-refractivity contribution in [2.75, 3.05) is 38.7 Å². The number of anilines is 1. The minimum absolute atomic E-state index is 0.749. The lowest BCUT2D eigenvalue weighted by atomic mass is 10.3. The Bertz CT molecular complexity index is 575. The Labute approximate surface area is 111 Å². The van der Waals surface area contributed by atoms with Gasteiger partial charge in [0.2, 0.25) is 0 Å². The third-order valence-corrected chi connectivity index (χ3v) is 3.34. The molecule has 7 nitrogen and oxygen atoms in total. The van der Waals surface area contributed by atoms with Gasteiger partial charge < -0.3 is 10.1 Å². The van der Waals surface area contributed by atoms with Crippen LogP contribution in [0.2, 0.25) is 0 Å². The zero-order chi connectivity index (χ0) is 13.2. The SMILES string of the molecule is CNc1nc(CN2CCOCC2)nc2c1cnn2C. The van der Waals surface area contributed by atoms with Crippen LogP contribution in [0.15, 0.2) is 6.20 Å². The van der Waals surface area contributed by atoms with E-state index in [0.717, 1.165) is 55.5 Å². The lowest BCUT2D eigenvalue weighted by molar-refractivity contribution is 0.0331. The molecular formula is C12H18N6O. The Hall–Kier alpha value is -1.73. The number of rotatable bonds is 3. The molecule has 1 fully saturated rings. The van der Waals surface area contributed by atoms with Crippen LogP contribution < -0.4 is 5.32 Å². The molecule has 0 radical (unpaired) electrons. The number of aryl methyl sites for hydroxylation is 1. The topological polar surface area (TPSA) is 68.1 Å². The summed E-state index contributed by atoms with van der Waals surface area (Å²) in [4.78, 5) is 11.5. The summed E-state index contributed by atoms with van der Waals surface area (Å²) in [6, 6.07) is 0. The Kier molecular flexibility index (Phi) is 3.31. The lowest BCUT2D eigenvalue weighted by Crippen LogP contribution is -2.36. The van der Waals surface area contributed by atoms with E-state index in [-0.39, 0.29) is 0 Å². The van der Waals surface area contributed by atoms with Gasteiger partial charge in [-0.25, -0.2) is 9.97 Å². The molecule has 1 aliphatic heterocycles. The fourth-order valence-electron chi connectivity index (χ4n) is 2.29. The predicted octanol–water partition coefficient (Wildman–Crippen LogP) is 0.237. The maximum absolute atomic E-state index is 5.35. The van der Waals surface area contributed by atoms with Crippen molar-refractivity contribution in [2.24, 2.45) is 7.05 Å². The van der Waals surface area contributed by atoms with Crippen LogP contribution >= 0.6 is 0 Å². The summed E-state index contributed by atoms with van der Waals surface area (Å²) in [5, 5.41) is 8.30. The first kappa shape index (κ1) is 12.3. The van der Waals surface area contributed by atoms with Crippen LogP contribution in [-0.4, -0.2) is 58.0 Å². The van der Waals surface area contributed by atoms with Gasteiger partial charge in [0.05, 0.1) is 31.3 Å². The molecule has 0 aromatic carbocycles. The standard InChI is InChI=1S/C12H18N6O/c1-13-11-9-7-14-17(2)12(9)16-10(15-11)8-18-3-5-19-6-4-18/h7H,3-6,8H2,1-2H3,(H,13,15,16). The molecule has 2 aromatic rings. The van der Waals surface area contributed by atoms with Gasteiger partial charge in [0, 0.05) is 27.2 Å². The summed E-state index contributed by atoms with van der Waals surface area (Å²) >= 11 is 0. The van der Waals surface area contributed by atoms with Gasteiger partial charge in [-0.15, -0.1) is 0 Å². The van der Waals surface area contributed by atoms with E-state index >= 15 is 0 Å². The number of nitrogens with one attached hydrogen (secondary N) is 1. The highest BCUT2D eigenvalue weighted by atomic mass is 16.5. The van der Waals surface area contributed by atoms with Crippen molar-refractivity contribution < 1.29 is 4.74 Å². The van der Waals surface area contributed by atoms with Crippen molar-refractivity contribution in [3.63, 3.8) is 0 Å². The van der Waals surface area contributed by atoms with Crippen LogP contribution in [0.1, 0.15) is 5.82 Å². The third-order valence-electron chi connectivity index (χ3n) is 3.34. The van der Waals surface area contributed by atoms with Crippen LogP contribution in [0.5, 0.6) is 0 Å². The second-order valence-electron chi connectivity index (χ2n) is 4.63. The average Bonchev–Trinajstić information content (AvgIpc) is 2.81. The van der Waals surface area contributed by atoms with Gasteiger partial charge in [-0.2, -0.15) is 5.10 Å². The smallest absolute Gasteiger partial charge is 0.163 e. The largest absolute Gasteiger partial charge is 0.379 e. The van der Waals surface area contributed by atoms with Gasteiger partial charge in [0.15, 0.2) is 5.65 Å². The van der Waals surface area contributed by atoms with Gasteiger partial charge in [0.25, 0.3) is 0 Å². The van der Waals surface area contributed by atoms with Crippen molar-refractivity contribution in [3.8, 4) is 0 Å². The fourth-order valence-corrected chi connectivity index (χ4v) is 2.29. The Morgan fingerprint density at radius 3 is 2.84 bits per heavy atom. The number of morpholine rings is 1. The highest BCUT2D eigenvalue weighted by Crippen LogP contribution is 2.19. The summed E-state index contributed by atoms with van der Waals surface area (Å²) in [5.41, 5.74) is 0.864. The Balaban J connectivity index is 1.92. The molecule has 2 aromatic heterocycles. The van der Waals surface area contributed by atoms with E-state index < -0.39 is 0 Å². The first-order chi connectivity index (χ1) is 9.28. The molecule has 0 saturated carbocycles. The van der Waals surface area contributed by atoms with Gasteiger partial charge >= 0.3 is 0 Å². The van der Waals surface area contributed by atoms with E-state index in [9.17, 15) is 0 Å². The van der Waals surface area contributed by atoms with Crippen molar-refractivity contribution >= 4 is 16.9 Å². The van der Waals surface area contributed by atoms with Gasteiger partial charge in [0.1, 0.15) is 11.6 Å². The number of hydrogen-bond donors (Lipinski definition) is 1. The van der Waals surface area contributed by atoms with Crippen LogP contribution in [0.3, 0.4) is 0 Å². The average molecular weight is 262 g/mol. The molecule has 7 heteroatoms. The number of fused-ring (bicyclic) bond motifs is 1. The number of ether oxygens (including phenoxy) is 1. The van der Waals surface area contributed by atoms with Crippen molar-refractivity contribution in [3.05, 3.63) is 12.0 Å². The van der Waals surface area contributed by atoms with Crippen molar-refractivity contribution in [1.82, 2.24) is 24.6 Å². The van der Waals surface area contributed by atoms with E-state index in [1.807, 2.05) is 14.1 Å². The number of hydrogen-bond acceptors (Lipinski definition) is 6. The van der Waals surface area contributed by atoms with Gasteiger partial charge in [-0.1, -0.05) is 0 Å². The van der Waals surface area contributed by atoms with Gasteiger partial charge in [-0.3, -0.25) is 9.58 Å². The second-order valence-corrected chi connectivity index (χ2v) is 4.63. The number of aromatic nitrogens is 4. The first-order valence-electron chi connectivity index (χ1n) is 6.44. The summed E-state index contributed by atoms with van der Waals surface area (Å²) < 4.78 is 7.13. The minimum atomic E-state index is 0.749. The number of nitrogens with zero attached hydrogens (tertiary/aromatic N) is 5. The second kappa shape index (κ2) is 5.10. The molecule has 1 aliphatic rings. The molecule has 3 heterocycles. The van der Waals surface area contributed by atoms with Crippen LogP contribution in [0, 0.1) is 0 Å². The van der Waals surface area contributed by atoms with Gasteiger partial charge in [-0.05, 0) is 0 Å². The quantitative estimate of drug-likeness (QED) is 0.854. The van der Waals surface area contributed by atoms with E-state index in [4.69, 9.17) is 4.74 Å². The predicted molar refractivity (Wildman–Crippen MR) is 71.9 cm³/mol. The Morgan fingerprint density at radius 2 is 2.11 bits per heavy atom. The molecule has 0 aliphatic carbocycles. The molecule has 0 spiro atoms. The van der Waals surface area contributed by atoms with E-state index in [0.29, 0.717) is 0 Å². The van der Waals surface area contributed by atoms with E-state index in [1.165, 1.54) is 0 Å². The normalized spacial score (nSPS) is 16.9.